The maximum atomic E-state index is 5.54. The van der Waals surface area contributed by atoms with Gasteiger partial charge in [0.05, 0.1) is 5.69 Å². The summed E-state index contributed by atoms with van der Waals surface area (Å²) in [7, 11) is 0. The van der Waals surface area contributed by atoms with E-state index in [1.165, 1.54) is 3.57 Å². The fourth-order valence-corrected chi connectivity index (χ4v) is 1.80. The van der Waals surface area contributed by atoms with Gasteiger partial charge in [0, 0.05) is 9.26 Å². The summed E-state index contributed by atoms with van der Waals surface area (Å²) in [6.45, 7) is 0. The normalized spacial score (nSPS) is 9.94. The molecule has 2 rings (SSSR count). The van der Waals surface area contributed by atoms with E-state index in [-0.39, 0.29) is 0 Å². The number of anilines is 2. The first kappa shape index (κ1) is 12.3. The summed E-state index contributed by atoms with van der Waals surface area (Å²) in [5, 5.41) is 3.20. The summed E-state index contributed by atoms with van der Waals surface area (Å²) < 4.78 is 1.19. The summed E-state index contributed by atoms with van der Waals surface area (Å²) in [5.41, 5.74) is 7.14. The van der Waals surface area contributed by atoms with E-state index in [0.717, 1.165) is 11.5 Å². The molecule has 1 aromatic heterocycles. The second-order valence-corrected chi connectivity index (χ2v) is 5.09. The van der Waals surface area contributed by atoms with Gasteiger partial charge in [-0.3, -0.25) is 0 Å². The number of rotatable bonds is 3. The van der Waals surface area contributed by atoms with Gasteiger partial charge >= 0.3 is 0 Å². The highest BCUT2D eigenvalue weighted by Gasteiger charge is 2.00. The Kier molecular flexibility index (Phi) is 3.90. The molecule has 86 valence electrons. The molecular weight excluding hydrogens is 345 g/mol. The minimum atomic E-state index is 0.302. The first-order valence-corrected chi connectivity index (χ1v) is 6.43. The van der Waals surface area contributed by atoms with Gasteiger partial charge in [-0.25, -0.2) is 4.98 Å². The lowest BCUT2D eigenvalue weighted by atomic mass is 10.3. The molecule has 5 heteroatoms. The van der Waals surface area contributed by atoms with E-state index in [0.29, 0.717) is 10.7 Å². The fourth-order valence-electron chi connectivity index (χ4n) is 1.32. The van der Waals surface area contributed by atoms with Gasteiger partial charge in [0.25, 0.3) is 0 Å². The van der Waals surface area contributed by atoms with Crippen LogP contribution in [0.2, 0.25) is 0 Å². The number of benzene rings is 1. The van der Waals surface area contributed by atoms with Crippen molar-refractivity contribution in [1.29, 1.82) is 0 Å². The molecule has 3 nitrogen and oxygen atoms in total. The standard InChI is InChI=1S/C12H10IN3S/c13-8-4-6-9(7-5-8)15-11-3-1-2-10(16-11)12(14)17/h1-7H,(H2,14,17)(H,15,16). The number of hydrogen-bond donors (Lipinski definition) is 2. The topological polar surface area (TPSA) is 50.9 Å². The molecule has 0 saturated heterocycles. The van der Waals surface area contributed by atoms with Crippen LogP contribution in [0.1, 0.15) is 5.69 Å². The second kappa shape index (κ2) is 5.42. The van der Waals surface area contributed by atoms with E-state index < -0.39 is 0 Å². The van der Waals surface area contributed by atoms with Crippen LogP contribution in [-0.2, 0) is 0 Å². The van der Waals surface area contributed by atoms with Crippen LogP contribution >= 0.6 is 34.8 Å². The highest BCUT2D eigenvalue weighted by molar-refractivity contribution is 14.1. The lowest BCUT2D eigenvalue weighted by Gasteiger charge is -2.06. The van der Waals surface area contributed by atoms with E-state index in [1.54, 1.807) is 6.07 Å². The molecule has 0 saturated carbocycles. The molecule has 17 heavy (non-hydrogen) atoms. The highest BCUT2D eigenvalue weighted by Crippen LogP contribution is 2.16. The molecule has 0 bridgehead atoms. The zero-order valence-corrected chi connectivity index (χ0v) is 11.8. The molecule has 0 fully saturated rings. The van der Waals surface area contributed by atoms with Crippen molar-refractivity contribution in [2.45, 2.75) is 0 Å². The van der Waals surface area contributed by atoms with Crippen molar-refractivity contribution in [1.82, 2.24) is 4.98 Å². The van der Waals surface area contributed by atoms with Crippen molar-refractivity contribution < 1.29 is 0 Å². The van der Waals surface area contributed by atoms with Gasteiger partial charge in [-0.05, 0) is 59.0 Å². The van der Waals surface area contributed by atoms with Gasteiger partial charge in [-0.1, -0.05) is 18.3 Å². The van der Waals surface area contributed by atoms with Crippen molar-refractivity contribution in [3.63, 3.8) is 0 Å². The Morgan fingerprint density at radius 1 is 1.18 bits per heavy atom. The molecule has 0 aliphatic rings. The minimum absolute atomic E-state index is 0.302. The van der Waals surface area contributed by atoms with Crippen molar-refractivity contribution in [2.24, 2.45) is 5.73 Å². The molecular formula is C12H10IN3S. The van der Waals surface area contributed by atoms with Crippen LogP contribution in [0.25, 0.3) is 0 Å². The number of nitrogens with two attached hydrogens (primary N) is 1. The first-order chi connectivity index (χ1) is 8.15. The van der Waals surface area contributed by atoms with Crippen molar-refractivity contribution >= 4 is 51.3 Å². The number of hydrogen-bond acceptors (Lipinski definition) is 3. The molecule has 1 heterocycles. The SMILES string of the molecule is NC(=S)c1cccc(Nc2ccc(I)cc2)n1. The number of nitrogens with zero attached hydrogens (tertiary/aromatic N) is 1. The molecule has 2 aromatic rings. The molecule has 0 unspecified atom stereocenters. The van der Waals surface area contributed by atoms with Crippen LogP contribution in [0.4, 0.5) is 11.5 Å². The Morgan fingerprint density at radius 2 is 1.88 bits per heavy atom. The third-order valence-corrected chi connectivity index (χ3v) is 3.05. The molecule has 0 aliphatic heterocycles. The van der Waals surface area contributed by atoms with Crippen LogP contribution in [0.5, 0.6) is 0 Å². The molecule has 0 aliphatic carbocycles. The van der Waals surface area contributed by atoms with Gasteiger partial charge < -0.3 is 11.1 Å². The van der Waals surface area contributed by atoms with Gasteiger partial charge in [0.2, 0.25) is 0 Å². The minimum Gasteiger partial charge on any atom is -0.388 e. The summed E-state index contributed by atoms with van der Waals surface area (Å²) in [6.07, 6.45) is 0. The first-order valence-electron chi connectivity index (χ1n) is 4.94. The zero-order chi connectivity index (χ0) is 12.3. The van der Waals surface area contributed by atoms with Gasteiger partial charge in [-0.15, -0.1) is 0 Å². The van der Waals surface area contributed by atoms with E-state index in [4.69, 9.17) is 18.0 Å². The largest absolute Gasteiger partial charge is 0.388 e. The molecule has 0 radical (unpaired) electrons. The Bertz CT molecular complexity index is 540. The maximum Gasteiger partial charge on any atom is 0.131 e. The zero-order valence-electron chi connectivity index (χ0n) is 8.85. The monoisotopic (exact) mass is 355 g/mol. The number of aromatic nitrogens is 1. The Hall–Kier alpha value is -1.21. The summed E-state index contributed by atoms with van der Waals surface area (Å²) >= 11 is 7.15. The van der Waals surface area contributed by atoms with Crippen molar-refractivity contribution in [3.8, 4) is 0 Å². The summed E-state index contributed by atoms with van der Waals surface area (Å²) in [5.74, 6) is 0.733. The Morgan fingerprint density at radius 3 is 2.53 bits per heavy atom. The molecule has 0 amide bonds. The van der Waals surface area contributed by atoms with Crippen molar-refractivity contribution in [3.05, 3.63) is 51.7 Å². The number of pyridine rings is 1. The number of nitrogens with one attached hydrogen (secondary N) is 1. The highest BCUT2D eigenvalue weighted by atomic mass is 127. The van der Waals surface area contributed by atoms with Gasteiger partial charge in [0.1, 0.15) is 10.8 Å². The van der Waals surface area contributed by atoms with Crippen LogP contribution in [-0.4, -0.2) is 9.97 Å². The predicted molar refractivity (Wildman–Crippen MR) is 82.6 cm³/mol. The van der Waals surface area contributed by atoms with E-state index >= 15 is 0 Å². The van der Waals surface area contributed by atoms with Crippen LogP contribution in [0, 0.1) is 3.57 Å². The smallest absolute Gasteiger partial charge is 0.131 e. The average Bonchev–Trinajstić information content (AvgIpc) is 2.32. The third-order valence-electron chi connectivity index (χ3n) is 2.12. The van der Waals surface area contributed by atoms with Crippen LogP contribution in [0.15, 0.2) is 42.5 Å². The maximum absolute atomic E-state index is 5.54. The Balaban J connectivity index is 2.21. The quantitative estimate of drug-likeness (QED) is 0.656. The van der Waals surface area contributed by atoms with E-state index in [1.807, 2.05) is 36.4 Å². The van der Waals surface area contributed by atoms with Gasteiger partial charge in [-0.2, -0.15) is 0 Å². The lowest BCUT2D eigenvalue weighted by molar-refractivity contribution is 1.28. The summed E-state index contributed by atoms with van der Waals surface area (Å²) in [6, 6.07) is 13.6. The fraction of sp³-hybridized carbons (Fsp3) is 0. The predicted octanol–water partition coefficient (Wildman–Crippen LogP) is 3.06. The van der Waals surface area contributed by atoms with E-state index in [2.05, 4.69) is 32.9 Å². The second-order valence-electron chi connectivity index (χ2n) is 3.40. The average molecular weight is 355 g/mol. The lowest BCUT2D eigenvalue weighted by Crippen LogP contribution is -2.12. The molecule has 1 aromatic carbocycles. The molecule has 0 spiro atoms. The molecule has 0 atom stereocenters. The Labute approximate surface area is 119 Å². The van der Waals surface area contributed by atoms with Crippen LogP contribution in [0.3, 0.4) is 0 Å². The van der Waals surface area contributed by atoms with Gasteiger partial charge in [0.15, 0.2) is 0 Å². The summed E-state index contributed by atoms with van der Waals surface area (Å²) in [4.78, 5) is 4.61. The number of thiocarbonyl (C=S) groups is 1. The number of halogens is 1. The molecule has 3 N–H and O–H groups in total. The van der Waals surface area contributed by atoms with Crippen LogP contribution < -0.4 is 11.1 Å². The van der Waals surface area contributed by atoms with E-state index in [9.17, 15) is 0 Å². The van der Waals surface area contributed by atoms with Crippen molar-refractivity contribution in [2.75, 3.05) is 5.32 Å². The third kappa shape index (κ3) is 3.37.